The molecule has 3 aromatic heterocycles. The Morgan fingerprint density at radius 1 is 1.00 bits per heavy atom. The highest BCUT2D eigenvalue weighted by molar-refractivity contribution is 7.17. The molecule has 6 nitrogen and oxygen atoms in total. The minimum absolute atomic E-state index is 0.599. The van der Waals surface area contributed by atoms with Crippen molar-refractivity contribution in [3.05, 3.63) is 60.2 Å². The van der Waals surface area contributed by atoms with Gasteiger partial charge in [-0.15, -0.1) is 11.3 Å². The average Bonchev–Trinajstić information content (AvgIpc) is 3.24. The number of hydrogen-bond acceptors (Lipinski definition) is 7. The number of nitrogens with one attached hydrogen (secondary N) is 1. The first-order chi connectivity index (χ1) is 14.8. The molecule has 0 saturated carbocycles. The van der Waals surface area contributed by atoms with E-state index in [1.165, 1.54) is 5.69 Å². The minimum Gasteiger partial charge on any atom is -0.369 e. The minimum atomic E-state index is 0.599. The molecule has 0 aliphatic carbocycles. The standard InChI is InChI=1S/C23H24N6S/c1-2-28-11-13-29(14-12-28)18-8-6-17(7-9-18)26-23-25-15-21-22(27-23)19(16-30-21)20-5-3-4-10-24-20/h3-10,15-16H,2,11-14H2,1H3,(H,25,26,27). The summed E-state index contributed by atoms with van der Waals surface area (Å²) in [6.07, 6.45) is 3.69. The first kappa shape index (κ1) is 19.0. The number of aromatic nitrogens is 3. The Labute approximate surface area is 180 Å². The number of piperazine rings is 1. The Bertz CT molecular complexity index is 1120. The molecule has 4 heterocycles. The smallest absolute Gasteiger partial charge is 0.227 e. The van der Waals surface area contributed by atoms with E-state index in [1.807, 2.05) is 30.6 Å². The summed E-state index contributed by atoms with van der Waals surface area (Å²) in [5, 5.41) is 5.44. The fourth-order valence-corrected chi connectivity index (χ4v) is 4.66. The van der Waals surface area contributed by atoms with E-state index in [0.717, 1.165) is 59.9 Å². The molecule has 1 aliphatic heterocycles. The summed E-state index contributed by atoms with van der Waals surface area (Å²) in [7, 11) is 0. The van der Waals surface area contributed by atoms with Crippen molar-refractivity contribution in [3.8, 4) is 11.3 Å². The molecule has 0 bridgehead atoms. The number of benzene rings is 1. The second kappa shape index (κ2) is 8.38. The molecule has 30 heavy (non-hydrogen) atoms. The van der Waals surface area contributed by atoms with Gasteiger partial charge in [0.05, 0.1) is 22.1 Å². The lowest BCUT2D eigenvalue weighted by molar-refractivity contribution is 0.271. The van der Waals surface area contributed by atoms with Crippen LogP contribution in [0.5, 0.6) is 0 Å². The summed E-state index contributed by atoms with van der Waals surface area (Å²) in [5.41, 5.74) is 5.16. The summed E-state index contributed by atoms with van der Waals surface area (Å²) in [4.78, 5) is 18.7. The molecule has 1 aliphatic rings. The van der Waals surface area contributed by atoms with Crippen LogP contribution < -0.4 is 10.2 Å². The quantitative estimate of drug-likeness (QED) is 0.512. The Kier molecular flexibility index (Phi) is 5.29. The van der Waals surface area contributed by atoms with Crippen molar-refractivity contribution in [3.63, 3.8) is 0 Å². The SMILES string of the molecule is CCN1CCN(c2ccc(Nc3ncc4scc(-c5ccccn5)c4n3)cc2)CC1. The molecule has 5 rings (SSSR count). The largest absolute Gasteiger partial charge is 0.369 e. The van der Waals surface area contributed by atoms with Gasteiger partial charge < -0.3 is 15.1 Å². The van der Waals surface area contributed by atoms with Gasteiger partial charge >= 0.3 is 0 Å². The van der Waals surface area contributed by atoms with E-state index < -0.39 is 0 Å². The number of fused-ring (bicyclic) bond motifs is 1. The van der Waals surface area contributed by atoms with Gasteiger partial charge in [-0.1, -0.05) is 13.0 Å². The first-order valence-corrected chi connectivity index (χ1v) is 11.2. The number of pyridine rings is 1. The van der Waals surface area contributed by atoms with Crippen LogP contribution in [0.3, 0.4) is 0 Å². The van der Waals surface area contributed by atoms with Gasteiger partial charge in [0.2, 0.25) is 5.95 Å². The van der Waals surface area contributed by atoms with Crippen LogP contribution in [0.15, 0.2) is 60.2 Å². The highest BCUT2D eigenvalue weighted by Crippen LogP contribution is 2.32. The summed E-state index contributed by atoms with van der Waals surface area (Å²) >= 11 is 1.64. The molecule has 1 saturated heterocycles. The van der Waals surface area contributed by atoms with Crippen LogP contribution in [0, 0.1) is 0 Å². The monoisotopic (exact) mass is 416 g/mol. The van der Waals surface area contributed by atoms with E-state index in [-0.39, 0.29) is 0 Å². The van der Waals surface area contributed by atoms with Gasteiger partial charge in [-0.05, 0) is 42.9 Å². The van der Waals surface area contributed by atoms with Crippen molar-refractivity contribution in [1.29, 1.82) is 0 Å². The first-order valence-electron chi connectivity index (χ1n) is 10.3. The zero-order chi connectivity index (χ0) is 20.3. The Balaban J connectivity index is 1.33. The van der Waals surface area contributed by atoms with Crippen LogP contribution in [0.1, 0.15) is 6.92 Å². The van der Waals surface area contributed by atoms with Crippen LogP contribution >= 0.6 is 11.3 Å². The molecular weight excluding hydrogens is 392 g/mol. The maximum absolute atomic E-state index is 4.77. The fraction of sp³-hybridized carbons (Fsp3) is 0.261. The number of thiophene rings is 1. The Hall–Kier alpha value is -3.03. The molecule has 152 valence electrons. The molecule has 7 heteroatoms. The second-order valence-electron chi connectivity index (χ2n) is 7.36. The van der Waals surface area contributed by atoms with Gasteiger partial charge in [0, 0.05) is 54.7 Å². The van der Waals surface area contributed by atoms with Crippen LogP contribution in [0.4, 0.5) is 17.3 Å². The predicted octanol–water partition coefficient (Wildman–Crippen LogP) is 4.64. The topological polar surface area (TPSA) is 57.2 Å². The van der Waals surface area contributed by atoms with Crippen LogP contribution in [0.25, 0.3) is 21.5 Å². The molecule has 1 fully saturated rings. The molecule has 1 N–H and O–H groups in total. The van der Waals surface area contributed by atoms with Crippen LogP contribution in [0.2, 0.25) is 0 Å². The molecule has 0 amide bonds. The van der Waals surface area contributed by atoms with Crippen LogP contribution in [-0.2, 0) is 0 Å². The maximum Gasteiger partial charge on any atom is 0.227 e. The van der Waals surface area contributed by atoms with Gasteiger partial charge in [-0.2, -0.15) is 0 Å². The lowest BCUT2D eigenvalue weighted by atomic mass is 10.2. The molecule has 0 unspecified atom stereocenters. The molecule has 0 radical (unpaired) electrons. The molecule has 0 spiro atoms. The Morgan fingerprint density at radius 2 is 1.83 bits per heavy atom. The van der Waals surface area contributed by atoms with Crippen molar-refractivity contribution in [1.82, 2.24) is 19.9 Å². The van der Waals surface area contributed by atoms with Gasteiger partial charge in [0.15, 0.2) is 0 Å². The molecule has 1 aromatic carbocycles. The van der Waals surface area contributed by atoms with E-state index in [9.17, 15) is 0 Å². The number of hydrogen-bond donors (Lipinski definition) is 1. The highest BCUT2D eigenvalue weighted by atomic mass is 32.1. The number of likely N-dealkylation sites (N-methyl/N-ethyl adjacent to an activating group) is 1. The fourth-order valence-electron chi connectivity index (χ4n) is 3.80. The van der Waals surface area contributed by atoms with E-state index in [0.29, 0.717) is 5.95 Å². The summed E-state index contributed by atoms with van der Waals surface area (Å²) in [5.74, 6) is 0.599. The summed E-state index contributed by atoms with van der Waals surface area (Å²) < 4.78 is 1.06. The average molecular weight is 417 g/mol. The highest BCUT2D eigenvalue weighted by Gasteiger charge is 2.16. The summed E-state index contributed by atoms with van der Waals surface area (Å²) in [6.45, 7) is 7.77. The molecular formula is C23H24N6S. The second-order valence-corrected chi connectivity index (χ2v) is 8.28. The maximum atomic E-state index is 4.77. The van der Waals surface area contributed by atoms with Gasteiger partial charge in [0.1, 0.15) is 0 Å². The molecule has 4 aromatic rings. The third-order valence-corrected chi connectivity index (χ3v) is 6.47. The van der Waals surface area contributed by atoms with Crippen molar-refractivity contribution in [2.24, 2.45) is 0 Å². The zero-order valence-corrected chi connectivity index (χ0v) is 17.8. The van der Waals surface area contributed by atoms with Crippen molar-refractivity contribution in [2.45, 2.75) is 6.92 Å². The predicted molar refractivity (Wildman–Crippen MR) is 125 cm³/mol. The van der Waals surface area contributed by atoms with Gasteiger partial charge in [-0.3, -0.25) is 4.98 Å². The van der Waals surface area contributed by atoms with Crippen molar-refractivity contribution < 1.29 is 0 Å². The number of rotatable bonds is 5. The third kappa shape index (κ3) is 3.86. The van der Waals surface area contributed by atoms with E-state index in [2.05, 4.69) is 61.7 Å². The third-order valence-electron chi connectivity index (χ3n) is 5.56. The van der Waals surface area contributed by atoms with Crippen molar-refractivity contribution in [2.75, 3.05) is 42.9 Å². The van der Waals surface area contributed by atoms with Gasteiger partial charge in [-0.25, -0.2) is 9.97 Å². The molecule has 0 atom stereocenters. The van der Waals surface area contributed by atoms with E-state index in [1.54, 1.807) is 11.3 Å². The summed E-state index contributed by atoms with van der Waals surface area (Å²) in [6, 6.07) is 14.5. The number of nitrogens with zero attached hydrogens (tertiary/aromatic N) is 5. The van der Waals surface area contributed by atoms with E-state index in [4.69, 9.17) is 4.98 Å². The van der Waals surface area contributed by atoms with Gasteiger partial charge in [0.25, 0.3) is 0 Å². The van der Waals surface area contributed by atoms with Crippen LogP contribution in [-0.4, -0.2) is 52.6 Å². The van der Waals surface area contributed by atoms with Crippen molar-refractivity contribution >= 4 is 38.9 Å². The zero-order valence-electron chi connectivity index (χ0n) is 17.0. The lowest BCUT2D eigenvalue weighted by Gasteiger charge is -2.35. The normalized spacial score (nSPS) is 14.9. The van der Waals surface area contributed by atoms with E-state index >= 15 is 0 Å². The Morgan fingerprint density at radius 3 is 2.57 bits per heavy atom. The lowest BCUT2D eigenvalue weighted by Crippen LogP contribution is -2.46. The number of anilines is 3.